The summed E-state index contributed by atoms with van der Waals surface area (Å²) in [7, 11) is 1.58. The van der Waals surface area contributed by atoms with E-state index >= 15 is 0 Å². The molecule has 5 heteroatoms. The highest BCUT2D eigenvalue weighted by Crippen LogP contribution is 2.23. The second-order valence-corrected chi connectivity index (χ2v) is 3.97. The van der Waals surface area contributed by atoms with Crippen molar-refractivity contribution < 1.29 is 9.47 Å². The summed E-state index contributed by atoms with van der Waals surface area (Å²) in [6, 6.07) is 13.3. The maximum Gasteiger partial charge on any atom is 0.237 e. The number of nitriles is 1. The van der Waals surface area contributed by atoms with Gasteiger partial charge in [0.2, 0.25) is 5.88 Å². The molecule has 0 bridgehead atoms. The highest BCUT2D eigenvalue weighted by Gasteiger charge is 2.06. The minimum Gasteiger partial charge on any atom is -0.480 e. The molecule has 0 unspecified atom stereocenters. The van der Waals surface area contributed by atoms with Gasteiger partial charge >= 0.3 is 0 Å². The zero-order valence-electron chi connectivity index (χ0n) is 11.2. The maximum absolute atomic E-state index is 8.58. The summed E-state index contributed by atoms with van der Waals surface area (Å²) >= 11 is 0. The molecule has 0 saturated carbocycles. The molecule has 0 radical (unpaired) electrons. The number of benzene rings is 1. The van der Waals surface area contributed by atoms with Crippen molar-refractivity contribution in [3.63, 3.8) is 0 Å². The van der Waals surface area contributed by atoms with Crippen molar-refractivity contribution in [1.82, 2.24) is 4.98 Å². The standard InChI is InChI=1S/C15H15N3O2/c1-19-15-13(6-4-9-17-15)18-11-12-5-2-3-7-14(12)20-10-8-16/h2-7,9,18H,10-11H2,1H3. The van der Waals surface area contributed by atoms with E-state index in [4.69, 9.17) is 14.7 Å². The second-order valence-electron chi connectivity index (χ2n) is 3.97. The Balaban J connectivity index is 2.09. The minimum atomic E-state index is 0.0349. The molecule has 0 aliphatic rings. The van der Waals surface area contributed by atoms with Crippen LogP contribution in [0.3, 0.4) is 0 Å². The first-order valence-corrected chi connectivity index (χ1v) is 6.15. The predicted molar refractivity (Wildman–Crippen MR) is 75.7 cm³/mol. The Bertz CT molecular complexity index is 608. The lowest BCUT2D eigenvalue weighted by molar-refractivity contribution is 0.364. The van der Waals surface area contributed by atoms with Gasteiger partial charge in [-0.1, -0.05) is 18.2 Å². The summed E-state index contributed by atoms with van der Waals surface area (Å²) in [6.07, 6.45) is 1.67. The Kier molecular flexibility index (Phi) is 4.79. The van der Waals surface area contributed by atoms with Gasteiger partial charge in [0.1, 0.15) is 11.8 Å². The summed E-state index contributed by atoms with van der Waals surface area (Å²) in [5.41, 5.74) is 1.78. The van der Waals surface area contributed by atoms with E-state index in [9.17, 15) is 0 Å². The number of rotatable bonds is 6. The highest BCUT2D eigenvalue weighted by atomic mass is 16.5. The smallest absolute Gasteiger partial charge is 0.237 e. The average molecular weight is 269 g/mol. The number of methoxy groups -OCH3 is 1. The summed E-state index contributed by atoms with van der Waals surface area (Å²) in [4.78, 5) is 4.12. The van der Waals surface area contributed by atoms with Crippen LogP contribution in [0.2, 0.25) is 0 Å². The second kappa shape index (κ2) is 7.00. The van der Waals surface area contributed by atoms with Crippen LogP contribution in [0, 0.1) is 11.3 Å². The van der Waals surface area contributed by atoms with Gasteiger partial charge in [0.15, 0.2) is 6.61 Å². The van der Waals surface area contributed by atoms with E-state index in [1.165, 1.54) is 0 Å². The molecule has 0 amide bonds. The monoisotopic (exact) mass is 269 g/mol. The van der Waals surface area contributed by atoms with E-state index in [2.05, 4.69) is 10.3 Å². The van der Waals surface area contributed by atoms with Gasteiger partial charge in [-0.15, -0.1) is 0 Å². The van der Waals surface area contributed by atoms with Gasteiger partial charge in [0.05, 0.1) is 12.8 Å². The third-order valence-electron chi connectivity index (χ3n) is 2.70. The highest BCUT2D eigenvalue weighted by molar-refractivity contribution is 5.52. The van der Waals surface area contributed by atoms with Crippen LogP contribution in [0.25, 0.3) is 0 Å². The largest absolute Gasteiger partial charge is 0.480 e. The molecule has 2 aromatic rings. The van der Waals surface area contributed by atoms with Gasteiger partial charge in [0.25, 0.3) is 0 Å². The first-order chi connectivity index (χ1) is 9.85. The number of anilines is 1. The van der Waals surface area contributed by atoms with Crippen molar-refractivity contribution in [2.24, 2.45) is 0 Å². The van der Waals surface area contributed by atoms with E-state index in [-0.39, 0.29) is 6.61 Å². The Morgan fingerprint density at radius 1 is 1.25 bits per heavy atom. The zero-order chi connectivity index (χ0) is 14.2. The van der Waals surface area contributed by atoms with E-state index < -0.39 is 0 Å². The van der Waals surface area contributed by atoms with Gasteiger partial charge in [0, 0.05) is 18.3 Å². The fourth-order valence-electron chi connectivity index (χ4n) is 1.78. The summed E-state index contributed by atoms with van der Waals surface area (Å²) < 4.78 is 10.6. The molecule has 0 aliphatic heterocycles. The van der Waals surface area contributed by atoms with Crippen molar-refractivity contribution in [2.45, 2.75) is 6.54 Å². The van der Waals surface area contributed by atoms with E-state index in [0.29, 0.717) is 18.2 Å². The van der Waals surface area contributed by atoms with E-state index in [1.807, 2.05) is 42.5 Å². The molecule has 5 nitrogen and oxygen atoms in total. The molecule has 102 valence electrons. The molecule has 0 fully saturated rings. The number of ether oxygens (including phenoxy) is 2. The number of pyridine rings is 1. The molecule has 20 heavy (non-hydrogen) atoms. The molecule has 2 rings (SSSR count). The summed E-state index contributed by atoms with van der Waals surface area (Å²) in [5.74, 6) is 1.24. The fraction of sp³-hybridized carbons (Fsp3) is 0.200. The maximum atomic E-state index is 8.58. The minimum absolute atomic E-state index is 0.0349. The van der Waals surface area contributed by atoms with Gasteiger partial charge in [-0.25, -0.2) is 4.98 Å². The van der Waals surface area contributed by atoms with Gasteiger partial charge in [-0.2, -0.15) is 5.26 Å². The van der Waals surface area contributed by atoms with Crippen molar-refractivity contribution in [2.75, 3.05) is 19.0 Å². The number of hydrogen-bond acceptors (Lipinski definition) is 5. The van der Waals surface area contributed by atoms with Crippen molar-refractivity contribution >= 4 is 5.69 Å². The number of nitrogens with zero attached hydrogens (tertiary/aromatic N) is 2. The van der Waals surface area contributed by atoms with Crippen LogP contribution in [-0.2, 0) is 6.54 Å². The van der Waals surface area contributed by atoms with Crippen molar-refractivity contribution in [3.05, 3.63) is 48.2 Å². The molecule has 1 N–H and O–H groups in total. The molecular weight excluding hydrogens is 254 g/mol. The Labute approximate surface area is 117 Å². The molecule has 0 aliphatic carbocycles. The number of nitrogens with one attached hydrogen (secondary N) is 1. The van der Waals surface area contributed by atoms with E-state index in [0.717, 1.165) is 11.3 Å². The van der Waals surface area contributed by atoms with Gasteiger partial charge in [-0.3, -0.25) is 0 Å². The van der Waals surface area contributed by atoms with Crippen LogP contribution in [0.4, 0.5) is 5.69 Å². The molecular formula is C15H15N3O2. The Morgan fingerprint density at radius 2 is 2.10 bits per heavy atom. The topological polar surface area (TPSA) is 67.2 Å². The summed E-state index contributed by atoms with van der Waals surface area (Å²) in [5, 5.41) is 11.8. The average Bonchev–Trinajstić information content (AvgIpc) is 2.52. The van der Waals surface area contributed by atoms with Crippen LogP contribution in [0.5, 0.6) is 11.6 Å². The number of hydrogen-bond donors (Lipinski definition) is 1. The van der Waals surface area contributed by atoms with Gasteiger partial charge < -0.3 is 14.8 Å². The van der Waals surface area contributed by atoms with Crippen LogP contribution in [0.1, 0.15) is 5.56 Å². The molecule has 0 atom stereocenters. The van der Waals surface area contributed by atoms with Crippen molar-refractivity contribution in [1.29, 1.82) is 5.26 Å². The molecule has 0 spiro atoms. The molecule has 1 aromatic heterocycles. The van der Waals surface area contributed by atoms with Crippen LogP contribution < -0.4 is 14.8 Å². The van der Waals surface area contributed by atoms with Gasteiger partial charge in [-0.05, 0) is 18.2 Å². The Hall–Kier alpha value is -2.74. The van der Waals surface area contributed by atoms with Crippen molar-refractivity contribution in [3.8, 4) is 17.7 Å². The fourth-order valence-corrected chi connectivity index (χ4v) is 1.78. The van der Waals surface area contributed by atoms with E-state index in [1.54, 1.807) is 13.3 Å². The molecule has 1 heterocycles. The van der Waals surface area contributed by atoms with Crippen LogP contribution >= 0.6 is 0 Å². The Morgan fingerprint density at radius 3 is 2.90 bits per heavy atom. The molecule has 0 saturated heterocycles. The van der Waals surface area contributed by atoms with Crippen LogP contribution in [-0.4, -0.2) is 18.7 Å². The lowest BCUT2D eigenvalue weighted by Crippen LogP contribution is -2.05. The summed E-state index contributed by atoms with van der Waals surface area (Å²) in [6.45, 7) is 0.594. The first kappa shape index (κ1) is 13.7. The third kappa shape index (κ3) is 3.39. The SMILES string of the molecule is COc1ncccc1NCc1ccccc1OCC#N. The lowest BCUT2D eigenvalue weighted by atomic mass is 10.2. The normalized spacial score (nSPS) is 9.60. The third-order valence-corrected chi connectivity index (χ3v) is 2.70. The number of para-hydroxylation sites is 1. The lowest BCUT2D eigenvalue weighted by Gasteiger charge is -2.12. The first-order valence-electron chi connectivity index (χ1n) is 6.15. The molecule has 1 aromatic carbocycles. The quantitative estimate of drug-likeness (QED) is 0.873. The zero-order valence-corrected chi connectivity index (χ0v) is 11.2. The predicted octanol–water partition coefficient (Wildman–Crippen LogP) is 2.60. The number of aromatic nitrogens is 1. The van der Waals surface area contributed by atoms with Crippen LogP contribution in [0.15, 0.2) is 42.6 Å².